The zero-order valence-electron chi connectivity index (χ0n) is 10.9. The number of hydrogen-bond acceptors (Lipinski definition) is 6. The summed E-state index contributed by atoms with van der Waals surface area (Å²) in [6.07, 6.45) is 4.13. The summed E-state index contributed by atoms with van der Waals surface area (Å²) in [5.41, 5.74) is 5.96. The van der Waals surface area contributed by atoms with Gasteiger partial charge in [0.25, 0.3) is 10.0 Å². The molecule has 1 aromatic heterocycles. The maximum Gasteiger partial charge on any atom is 0.252 e. The fourth-order valence-electron chi connectivity index (χ4n) is 2.11. The van der Waals surface area contributed by atoms with Crippen molar-refractivity contribution in [2.45, 2.75) is 42.9 Å². The molecule has 0 amide bonds. The molecule has 8 heteroatoms. The summed E-state index contributed by atoms with van der Waals surface area (Å²) >= 11 is 0.992. The summed E-state index contributed by atoms with van der Waals surface area (Å²) in [7, 11) is -3.50. The van der Waals surface area contributed by atoms with Crippen LogP contribution in [0.1, 0.15) is 31.4 Å². The molecule has 0 radical (unpaired) electrons. The number of nitrogens with zero attached hydrogens (tertiary/aromatic N) is 1. The third-order valence-corrected chi connectivity index (χ3v) is 6.10. The van der Waals surface area contributed by atoms with Crippen LogP contribution in [0.15, 0.2) is 4.21 Å². The molecule has 6 nitrogen and oxygen atoms in total. The van der Waals surface area contributed by atoms with Gasteiger partial charge in [-0.15, -0.1) is 0 Å². The molecule has 1 atom stereocenters. The third-order valence-electron chi connectivity index (χ3n) is 3.05. The minimum atomic E-state index is -3.50. The van der Waals surface area contributed by atoms with E-state index >= 15 is 0 Å². The molecule has 108 valence electrons. The van der Waals surface area contributed by atoms with E-state index in [1.54, 1.807) is 6.92 Å². The third kappa shape index (κ3) is 3.88. The molecule has 1 unspecified atom stereocenters. The molecule has 3 N–H and O–H groups in total. The number of nitrogen functional groups attached to an aromatic ring is 1. The highest BCUT2D eigenvalue weighted by Gasteiger charge is 2.21. The van der Waals surface area contributed by atoms with E-state index in [2.05, 4.69) is 9.71 Å². The summed E-state index contributed by atoms with van der Waals surface area (Å²) < 4.78 is 32.5. The molecule has 1 fully saturated rings. The van der Waals surface area contributed by atoms with Crippen LogP contribution in [0, 0.1) is 6.92 Å². The highest BCUT2D eigenvalue weighted by Crippen LogP contribution is 2.24. The number of nitrogens with two attached hydrogens (primary N) is 1. The topological polar surface area (TPSA) is 94.3 Å². The Morgan fingerprint density at radius 2 is 2.32 bits per heavy atom. The molecule has 2 heterocycles. The van der Waals surface area contributed by atoms with Gasteiger partial charge in [0.05, 0.1) is 11.8 Å². The molecule has 2 rings (SSSR count). The standard InChI is InChI=1S/C11H19N3O3S2/c1-8-10(18-11(12)14-8)19(15,16)13-6-5-9-4-2-3-7-17-9/h9,13H,2-7H2,1H3,(H2,12,14). The Labute approximate surface area is 117 Å². The molecule has 0 aliphatic carbocycles. The number of rotatable bonds is 5. The predicted molar refractivity (Wildman–Crippen MR) is 74.7 cm³/mol. The fourth-order valence-corrected chi connectivity index (χ4v) is 4.50. The van der Waals surface area contributed by atoms with Crippen LogP contribution in [-0.4, -0.2) is 32.7 Å². The number of nitrogens with one attached hydrogen (secondary N) is 1. The number of aromatic nitrogens is 1. The Morgan fingerprint density at radius 3 is 2.89 bits per heavy atom. The molecule has 0 bridgehead atoms. The van der Waals surface area contributed by atoms with E-state index in [9.17, 15) is 8.42 Å². The van der Waals surface area contributed by atoms with Crippen molar-refractivity contribution in [3.05, 3.63) is 5.69 Å². The molecule has 1 aliphatic rings. The van der Waals surface area contributed by atoms with Crippen LogP contribution in [0.2, 0.25) is 0 Å². The van der Waals surface area contributed by atoms with Gasteiger partial charge in [-0.2, -0.15) is 0 Å². The highest BCUT2D eigenvalue weighted by atomic mass is 32.2. The monoisotopic (exact) mass is 305 g/mol. The fraction of sp³-hybridized carbons (Fsp3) is 0.727. The van der Waals surface area contributed by atoms with Gasteiger partial charge in [-0.05, 0) is 32.6 Å². The molecule has 1 aromatic rings. The number of sulfonamides is 1. The lowest BCUT2D eigenvalue weighted by molar-refractivity contribution is 0.0123. The maximum atomic E-state index is 12.1. The van der Waals surface area contributed by atoms with Crippen molar-refractivity contribution in [2.75, 3.05) is 18.9 Å². The van der Waals surface area contributed by atoms with Crippen molar-refractivity contribution in [3.63, 3.8) is 0 Å². The zero-order valence-corrected chi connectivity index (χ0v) is 12.5. The highest BCUT2D eigenvalue weighted by molar-refractivity contribution is 7.91. The summed E-state index contributed by atoms with van der Waals surface area (Å²) in [4.78, 5) is 3.93. The first-order valence-corrected chi connectivity index (χ1v) is 8.63. The normalized spacial score (nSPS) is 20.6. The van der Waals surface area contributed by atoms with Crippen LogP contribution >= 0.6 is 11.3 Å². The van der Waals surface area contributed by atoms with Gasteiger partial charge in [-0.25, -0.2) is 18.1 Å². The van der Waals surface area contributed by atoms with Gasteiger partial charge >= 0.3 is 0 Å². The van der Waals surface area contributed by atoms with Crippen molar-refractivity contribution in [1.29, 1.82) is 0 Å². The summed E-state index contributed by atoms with van der Waals surface area (Å²) in [5.74, 6) is 0. The Hall–Kier alpha value is -0.700. The molecule has 19 heavy (non-hydrogen) atoms. The van der Waals surface area contributed by atoms with Gasteiger partial charge in [0.1, 0.15) is 0 Å². The van der Waals surface area contributed by atoms with E-state index in [0.29, 0.717) is 18.7 Å². The van der Waals surface area contributed by atoms with Gasteiger partial charge in [-0.1, -0.05) is 11.3 Å². The van der Waals surface area contributed by atoms with Crippen molar-refractivity contribution in [2.24, 2.45) is 0 Å². The van der Waals surface area contributed by atoms with Crippen LogP contribution < -0.4 is 10.5 Å². The van der Waals surface area contributed by atoms with Crippen molar-refractivity contribution < 1.29 is 13.2 Å². The van der Waals surface area contributed by atoms with E-state index in [-0.39, 0.29) is 15.4 Å². The van der Waals surface area contributed by atoms with Crippen LogP contribution in [0.5, 0.6) is 0 Å². The van der Waals surface area contributed by atoms with E-state index in [1.165, 1.54) is 0 Å². The molecule has 1 aliphatic heterocycles. The molecular formula is C11H19N3O3S2. The Balaban J connectivity index is 1.89. The van der Waals surface area contributed by atoms with Crippen LogP contribution in [0.3, 0.4) is 0 Å². The van der Waals surface area contributed by atoms with E-state index in [4.69, 9.17) is 10.5 Å². The second-order valence-corrected chi connectivity index (χ2v) is 7.59. The summed E-state index contributed by atoms with van der Waals surface area (Å²) in [5, 5.41) is 0.272. The largest absolute Gasteiger partial charge is 0.378 e. The van der Waals surface area contributed by atoms with Crippen molar-refractivity contribution in [1.82, 2.24) is 9.71 Å². The van der Waals surface area contributed by atoms with Gasteiger partial charge in [-0.3, -0.25) is 0 Å². The van der Waals surface area contributed by atoms with Gasteiger partial charge in [0.2, 0.25) is 0 Å². The number of ether oxygens (including phenoxy) is 1. The predicted octanol–water partition coefficient (Wildman–Crippen LogP) is 1.27. The average Bonchev–Trinajstić information content (AvgIpc) is 2.70. The van der Waals surface area contributed by atoms with Gasteiger partial charge < -0.3 is 10.5 Å². The first kappa shape index (κ1) is 14.7. The second-order valence-electron chi connectivity index (χ2n) is 4.60. The molecular weight excluding hydrogens is 286 g/mol. The number of hydrogen-bond donors (Lipinski definition) is 2. The Bertz CT molecular complexity index is 521. The summed E-state index contributed by atoms with van der Waals surface area (Å²) in [6.45, 7) is 2.80. The number of anilines is 1. The van der Waals surface area contributed by atoms with Crippen molar-refractivity contribution >= 4 is 26.5 Å². The molecule has 0 saturated carbocycles. The smallest absolute Gasteiger partial charge is 0.252 e. The van der Waals surface area contributed by atoms with Crippen molar-refractivity contribution in [3.8, 4) is 0 Å². The van der Waals surface area contributed by atoms with Gasteiger partial charge in [0.15, 0.2) is 9.34 Å². The minimum absolute atomic E-state index is 0.170. The second kappa shape index (κ2) is 6.17. The first-order chi connectivity index (χ1) is 8.99. The minimum Gasteiger partial charge on any atom is -0.378 e. The summed E-state index contributed by atoms with van der Waals surface area (Å²) in [6, 6.07) is 0. The quantitative estimate of drug-likeness (QED) is 0.854. The number of aryl methyl sites for hydroxylation is 1. The van der Waals surface area contributed by atoms with E-state index < -0.39 is 10.0 Å². The molecule has 0 spiro atoms. The first-order valence-electron chi connectivity index (χ1n) is 6.33. The van der Waals surface area contributed by atoms with E-state index in [1.807, 2.05) is 0 Å². The Morgan fingerprint density at radius 1 is 1.53 bits per heavy atom. The number of thiazole rings is 1. The van der Waals surface area contributed by atoms with Crippen LogP contribution in [0.25, 0.3) is 0 Å². The van der Waals surface area contributed by atoms with Crippen LogP contribution in [-0.2, 0) is 14.8 Å². The zero-order chi connectivity index (χ0) is 13.9. The lowest BCUT2D eigenvalue weighted by atomic mass is 10.1. The molecule has 0 aromatic carbocycles. The average molecular weight is 305 g/mol. The van der Waals surface area contributed by atoms with Gasteiger partial charge in [0, 0.05) is 13.2 Å². The SMILES string of the molecule is Cc1nc(N)sc1S(=O)(=O)NCCC1CCCCO1. The molecule has 1 saturated heterocycles. The van der Waals surface area contributed by atoms with Crippen LogP contribution in [0.4, 0.5) is 5.13 Å². The Kier molecular flexibility index (Phi) is 4.77. The lowest BCUT2D eigenvalue weighted by Gasteiger charge is -2.22. The maximum absolute atomic E-state index is 12.1. The lowest BCUT2D eigenvalue weighted by Crippen LogP contribution is -2.29. The van der Waals surface area contributed by atoms with E-state index in [0.717, 1.165) is 37.2 Å².